The van der Waals surface area contributed by atoms with Crippen LogP contribution < -0.4 is 10.6 Å². The molecule has 2 aromatic heterocycles. The summed E-state index contributed by atoms with van der Waals surface area (Å²) in [5.41, 5.74) is 4.01. The number of halogens is 1. The van der Waals surface area contributed by atoms with Crippen LogP contribution in [0.1, 0.15) is 45.7 Å². The number of nitrogens with zero attached hydrogens (tertiary/aromatic N) is 3. The summed E-state index contributed by atoms with van der Waals surface area (Å²) < 4.78 is 17.2. The largest absolute Gasteiger partial charge is 0.355 e. The van der Waals surface area contributed by atoms with Crippen LogP contribution in [0.2, 0.25) is 0 Å². The lowest BCUT2D eigenvalue weighted by molar-refractivity contribution is -0.117. The number of aryl methyl sites for hydroxylation is 2. The Kier molecular flexibility index (Phi) is 4.39. The predicted molar refractivity (Wildman–Crippen MR) is 116 cm³/mol. The fraction of sp³-hybridized carbons (Fsp3) is 0.304. The van der Waals surface area contributed by atoms with Crippen LogP contribution in [0.5, 0.6) is 0 Å². The summed E-state index contributed by atoms with van der Waals surface area (Å²) in [6, 6.07) is 3.52. The smallest absolute Gasteiger partial charge is 0.253 e. The lowest BCUT2D eigenvalue weighted by atomic mass is 10.0. The fourth-order valence-corrected chi connectivity index (χ4v) is 4.11. The number of hydrogen-bond acceptors (Lipinski definition) is 4. The van der Waals surface area contributed by atoms with E-state index in [1.165, 1.54) is 6.20 Å². The van der Waals surface area contributed by atoms with Crippen LogP contribution in [0.25, 0.3) is 22.7 Å². The Morgan fingerprint density at radius 2 is 2.03 bits per heavy atom. The number of hydrogen-bond donors (Lipinski definition) is 2. The van der Waals surface area contributed by atoms with Gasteiger partial charge in [0.1, 0.15) is 17.2 Å². The lowest BCUT2D eigenvalue weighted by Gasteiger charge is -2.12. The Morgan fingerprint density at radius 3 is 2.74 bits per heavy atom. The minimum atomic E-state index is -0.349. The Balaban J connectivity index is 1.60. The molecule has 2 heterocycles. The first-order chi connectivity index (χ1) is 14.9. The van der Waals surface area contributed by atoms with Gasteiger partial charge in [0.05, 0.1) is 11.1 Å². The topological polar surface area (TPSA) is 88.9 Å². The van der Waals surface area contributed by atoms with Crippen LogP contribution in [-0.4, -0.2) is 33.4 Å². The number of allylic oxidation sites excluding steroid dienone is 1. The molecule has 0 unspecified atom stereocenters. The van der Waals surface area contributed by atoms with Crippen LogP contribution in [0.3, 0.4) is 0 Å². The number of anilines is 1. The Labute approximate surface area is 178 Å². The van der Waals surface area contributed by atoms with E-state index in [2.05, 4.69) is 20.6 Å². The molecular weight excluding hydrogens is 397 g/mol. The molecule has 1 saturated carbocycles. The summed E-state index contributed by atoms with van der Waals surface area (Å²) in [5, 5.41) is 5.51. The van der Waals surface area contributed by atoms with Gasteiger partial charge >= 0.3 is 0 Å². The van der Waals surface area contributed by atoms with E-state index in [4.69, 9.17) is 0 Å². The monoisotopic (exact) mass is 419 g/mol. The first-order valence-corrected chi connectivity index (χ1v) is 10.3. The van der Waals surface area contributed by atoms with Crippen LogP contribution >= 0.6 is 0 Å². The summed E-state index contributed by atoms with van der Waals surface area (Å²) >= 11 is 0. The predicted octanol–water partition coefficient (Wildman–Crippen LogP) is 3.22. The third kappa shape index (κ3) is 3.10. The third-order valence-corrected chi connectivity index (χ3v) is 6.12. The number of nitrogens with one attached hydrogen (secondary N) is 2. The van der Waals surface area contributed by atoms with Gasteiger partial charge in [0.2, 0.25) is 5.91 Å². The zero-order chi connectivity index (χ0) is 21.9. The van der Waals surface area contributed by atoms with Crippen LogP contribution in [-0.2, 0) is 18.3 Å². The van der Waals surface area contributed by atoms with Crippen molar-refractivity contribution in [2.45, 2.75) is 26.2 Å². The molecular formula is C23H22FN5O2. The van der Waals surface area contributed by atoms with E-state index in [1.54, 1.807) is 30.8 Å². The van der Waals surface area contributed by atoms with Crippen molar-refractivity contribution in [3.8, 4) is 0 Å². The van der Waals surface area contributed by atoms with E-state index in [-0.39, 0.29) is 23.5 Å². The number of carbonyl (C=O) groups excluding carboxylic acids is 2. The number of fused-ring (bicyclic) bond motifs is 2. The molecule has 158 valence electrons. The second kappa shape index (κ2) is 7.01. The van der Waals surface area contributed by atoms with E-state index >= 15 is 4.39 Å². The van der Waals surface area contributed by atoms with Gasteiger partial charge in [-0.15, -0.1) is 0 Å². The zero-order valence-corrected chi connectivity index (χ0v) is 17.5. The number of amides is 2. The molecule has 7 nitrogen and oxygen atoms in total. The lowest BCUT2D eigenvalue weighted by Crippen LogP contribution is -2.21. The molecule has 3 aromatic rings. The van der Waals surface area contributed by atoms with E-state index in [0.29, 0.717) is 40.0 Å². The van der Waals surface area contributed by atoms with Crippen molar-refractivity contribution < 1.29 is 14.0 Å². The van der Waals surface area contributed by atoms with Gasteiger partial charge in [-0.3, -0.25) is 9.59 Å². The van der Waals surface area contributed by atoms with E-state index in [0.717, 1.165) is 29.8 Å². The molecule has 0 spiro atoms. The maximum absolute atomic E-state index is 15.5. The highest BCUT2D eigenvalue weighted by Crippen LogP contribution is 2.39. The molecule has 2 aliphatic carbocycles. The maximum atomic E-state index is 15.5. The van der Waals surface area contributed by atoms with E-state index < -0.39 is 0 Å². The number of imidazole rings is 1. The highest BCUT2D eigenvalue weighted by Gasteiger charge is 2.32. The van der Waals surface area contributed by atoms with Crippen molar-refractivity contribution in [2.75, 3.05) is 12.4 Å². The molecule has 1 aromatic carbocycles. The summed E-state index contributed by atoms with van der Waals surface area (Å²) in [5.74, 6) is 0.499. The minimum Gasteiger partial charge on any atom is -0.355 e. The molecule has 8 heteroatoms. The molecule has 0 aliphatic heterocycles. The highest BCUT2D eigenvalue weighted by atomic mass is 19.1. The van der Waals surface area contributed by atoms with Gasteiger partial charge < -0.3 is 15.2 Å². The van der Waals surface area contributed by atoms with Gasteiger partial charge in [-0.05, 0) is 49.1 Å². The average Bonchev–Trinajstić information content (AvgIpc) is 3.45. The van der Waals surface area contributed by atoms with E-state index in [1.807, 2.05) is 13.0 Å². The first-order valence-electron chi connectivity index (χ1n) is 10.3. The molecule has 2 N–H and O–H groups in total. The average molecular weight is 419 g/mol. The van der Waals surface area contributed by atoms with Gasteiger partial charge in [-0.1, -0.05) is 0 Å². The van der Waals surface area contributed by atoms with Crippen LogP contribution in [0.15, 0.2) is 18.3 Å². The van der Waals surface area contributed by atoms with Crippen molar-refractivity contribution in [1.29, 1.82) is 0 Å². The Hall–Kier alpha value is -3.55. The molecule has 1 fully saturated rings. The number of carbonyl (C=O) groups is 2. The Bertz CT molecular complexity index is 1300. The molecule has 2 amide bonds. The molecule has 0 bridgehead atoms. The second-order valence-corrected chi connectivity index (χ2v) is 8.11. The van der Waals surface area contributed by atoms with Gasteiger partial charge in [0.25, 0.3) is 5.91 Å². The fourth-order valence-electron chi connectivity index (χ4n) is 4.11. The number of aromatic nitrogens is 3. The summed E-state index contributed by atoms with van der Waals surface area (Å²) in [4.78, 5) is 33.5. The highest BCUT2D eigenvalue weighted by molar-refractivity contribution is 6.05. The summed E-state index contributed by atoms with van der Waals surface area (Å²) in [6.45, 7) is 1.83. The quantitative estimate of drug-likeness (QED) is 0.680. The molecule has 2 aliphatic rings. The molecule has 0 saturated heterocycles. The van der Waals surface area contributed by atoms with E-state index in [9.17, 15) is 9.59 Å². The number of pyridine rings is 1. The number of benzene rings is 1. The standard InChI is InChI=1S/C23H22FN5O2/c1-11-27-18-7-6-14(19(24)20(18)29(11)3)13-8-15-16(9-13)21(28-22(30)12-4-5-12)26-10-17(15)23(31)25-2/h6-8,10,12H,4-5,9H2,1-3H3,(H,25,31)(H,26,28,30). The first kappa shape index (κ1) is 19.4. The third-order valence-electron chi connectivity index (χ3n) is 6.12. The Morgan fingerprint density at radius 1 is 1.26 bits per heavy atom. The van der Waals surface area contributed by atoms with Gasteiger partial charge in [0, 0.05) is 43.8 Å². The van der Waals surface area contributed by atoms with Crippen molar-refractivity contribution in [3.05, 3.63) is 52.2 Å². The van der Waals surface area contributed by atoms with Crippen LogP contribution in [0, 0.1) is 18.7 Å². The van der Waals surface area contributed by atoms with Crippen molar-refractivity contribution in [2.24, 2.45) is 13.0 Å². The molecule has 0 radical (unpaired) electrons. The summed E-state index contributed by atoms with van der Waals surface area (Å²) in [7, 11) is 3.34. The van der Waals surface area contributed by atoms with Crippen molar-refractivity contribution >= 4 is 40.3 Å². The zero-order valence-electron chi connectivity index (χ0n) is 17.5. The number of rotatable bonds is 4. The maximum Gasteiger partial charge on any atom is 0.253 e. The molecule has 0 atom stereocenters. The normalized spacial score (nSPS) is 15.0. The SMILES string of the molecule is CNC(=O)c1cnc(NC(=O)C2CC2)c2c1C=C(c1ccc3nc(C)n(C)c3c1F)C2. The summed E-state index contributed by atoms with van der Waals surface area (Å²) in [6.07, 6.45) is 5.41. The van der Waals surface area contributed by atoms with Crippen molar-refractivity contribution in [3.63, 3.8) is 0 Å². The van der Waals surface area contributed by atoms with Gasteiger partial charge in [-0.25, -0.2) is 14.4 Å². The molecule has 5 rings (SSSR count). The molecule has 31 heavy (non-hydrogen) atoms. The minimum absolute atomic E-state index is 0.0258. The van der Waals surface area contributed by atoms with Gasteiger partial charge in [-0.2, -0.15) is 0 Å². The van der Waals surface area contributed by atoms with Crippen LogP contribution in [0.4, 0.5) is 10.2 Å². The van der Waals surface area contributed by atoms with Crippen molar-refractivity contribution in [1.82, 2.24) is 19.9 Å². The second-order valence-electron chi connectivity index (χ2n) is 8.11. The van der Waals surface area contributed by atoms with Gasteiger partial charge in [0.15, 0.2) is 5.82 Å².